The van der Waals surface area contributed by atoms with Crippen molar-refractivity contribution in [1.29, 1.82) is 0 Å². The van der Waals surface area contributed by atoms with Crippen LogP contribution in [-0.4, -0.2) is 62.9 Å². The van der Waals surface area contributed by atoms with Gasteiger partial charge in [0.15, 0.2) is 0 Å². The largest absolute Gasteiger partial charge is 0.343 e. The van der Waals surface area contributed by atoms with Gasteiger partial charge >= 0.3 is 0 Å². The molecule has 2 aromatic carbocycles. The van der Waals surface area contributed by atoms with Gasteiger partial charge in [0.1, 0.15) is 0 Å². The van der Waals surface area contributed by atoms with Crippen LogP contribution in [0.3, 0.4) is 0 Å². The van der Waals surface area contributed by atoms with Gasteiger partial charge in [-0.25, -0.2) is 13.1 Å². The molecule has 0 spiro atoms. The maximum absolute atomic E-state index is 12.6. The molecule has 2 heterocycles. The minimum atomic E-state index is -3.55. The highest BCUT2D eigenvalue weighted by Crippen LogP contribution is 2.23. The molecule has 2 aliphatic rings. The number of carbonyl (C=O) groups excluding carboxylic acids is 1. The van der Waals surface area contributed by atoms with Gasteiger partial charge in [0.05, 0.1) is 4.90 Å². The van der Waals surface area contributed by atoms with E-state index in [1.54, 1.807) is 17.0 Å². The molecule has 2 aromatic rings. The van der Waals surface area contributed by atoms with Crippen LogP contribution in [0.4, 0.5) is 0 Å². The molecule has 2 fully saturated rings. The predicted octanol–water partition coefficient (Wildman–Crippen LogP) is 3.67. The zero-order valence-corrected chi connectivity index (χ0v) is 20.3. The topological polar surface area (TPSA) is 69.7 Å². The third kappa shape index (κ3) is 6.22. The number of benzene rings is 2. The minimum absolute atomic E-state index is 0.169. The molecule has 0 aromatic heterocycles. The Balaban J connectivity index is 1.28. The first-order valence-electron chi connectivity index (χ1n) is 12.1. The van der Waals surface area contributed by atoms with Crippen LogP contribution in [0, 0.1) is 0 Å². The van der Waals surface area contributed by atoms with Gasteiger partial charge in [-0.2, -0.15) is 0 Å². The lowest BCUT2D eigenvalue weighted by Crippen LogP contribution is -2.30. The van der Waals surface area contributed by atoms with Crippen molar-refractivity contribution in [3.63, 3.8) is 0 Å². The van der Waals surface area contributed by atoms with Crippen LogP contribution in [0.15, 0.2) is 53.4 Å². The second-order valence-electron chi connectivity index (χ2n) is 9.23. The summed E-state index contributed by atoms with van der Waals surface area (Å²) in [4.78, 5) is 16.3. The van der Waals surface area contributed by atoms with E-state index in [2.05, 4.69) is 40.8 Å². The van der Waals surface area contributed by atoms with Gasteiger partial charge in [0.25, 0.3) is 0 Å². The Morgan fingerprint density at radius 2 is 1.64 bits per heavy atom. The Bertz CT molecular complexity index is 1040. The number of sulfonamides is 1. The molecule has 0 saturated carbocycles. The molecule has 2 aliphatic heterocycles. The maximum Gasteiger partial charge on any atom is 0.240 e. The average molecular weight is 470 g/mol. The fourth-order valence-corrected chi connectivity index (χ4v) is 5.86. The van der Waals surface area contributed by atoms with E-state index in [0.717, 1.165) is 37.1 Å². The second-order valence-corrected chi connectivity index (χ2v) is 11.0. The highest BCUT2D eigenvalue weighted by Gasteiger charge is 2.20. The molecule has 33 heavy (non-hydrogen) atoms. The van der Waals surface area contributed by atoms with Crippen LogP contribution in [0.2, 0.25) is 0 Å². The number of amides is 1. The van der Waals surface area contributed by atoms with Crippen LogP contribution in [0.1, 0.15) is 44.6 Å². The van der Waals surface area contributed by atoms with Gasteiger partial charge < -0.3 is 9.80 Å². The lowest BCUT2D eigenvalue weighted by Gasteiger charge is -2.20. The smallest absolute Gasteiger partial charge is 0.240 e. The summed E-state index contributed by atoms with van der Waals surface area (Å²) in [6.07, 6.45) is 5.79. The minimum Gasteiger partial charge on any atom is -0.343 e. The Morgan fingerprint density at radius 1 is 0.939 bits per heavy atom. The molecule has 6 nitrogen and oxygen atoms in total. The zero-order chi connectivity index (χ0) is 23.3. The first-order valence-corrected chi connectivity index (χ1v) is 13.6. The van der Waals surface area contributed by atoms with Crippen molar-refractivity contribution in [3.05, 3.63) is 54.1 Å². The lowest BCUT2D eigenvalue weighted by atomic mass is 10.0. The summed E-state index contributed by atoms with van der Waals surface area (Å²) in [5.41, 5.74) is 3.42. The summed E-state index contributed by atoms with van der Waals surface area (Å²) in [5, 5.41) is 0. The van der Waals surface area contributed by atoms with Crippen LogP contribution < -0.4 is 4.72 Å². The summed E-state index contributed by atoms with van der Waals surface area (Å²) in [5.74, 6) is 0.169. The molecule has 0 aliphatic carbocycles. The van der Waals surface area contributed by atoms with Crippen molar-refractivity contribution in [1.82, 2.24) is 14.5 Å². The van der Waals surface area contributed by atoms with Crippen LogP contribution in [0.25, 0.3) is 11.1 Å². The molecule has 7 heteroatoms. The van der Waals surface area contributed by atoms with Crippen molar-refractivity contribution < 1.29 is 13.2 Å². The summed E-state index contributed by atoms with van der Waals surface area (Å²) in [6, 6.07) is 16.3. The molecule has 4 rings (SSSR count). The fourth-order valence-electron chi connectivity index (χ4n) is 4.79. The molecule has 1 atom stereocenters. The van der Waals surface area contributed by atoms with E-state index in [-0.39, 0.29) is 10.8 Å². The average Bonchev–Trinajstić information content (AvgIpc) is 3.43. The van der Waals surface area contributed by atoms with Crippen molar-refractivity contribution in [2.24, 2.45) is 0 Å². The summed E-state index contributed by atoms with van der Waals surface area (Å²) < 4.78 is 27.8. The van der Waals surface area contributed by atoms with Crippen LogP contribution in [0.5, 0.6) is 0 Å². The van der Waals surface area contributed by atoms with Crippen LogP contribution >= 0.6 is 0 Å². The number of likely N-dealkylation sites (tertiary alicyclic amines) is 2. The molecular weight excluding hydrogens is 434 g/mol. The Kier molecular flexibility index (Phi) is 7.83. The first-order chi connectivity index (χ1) is 15.9. The molecule has 178 valence electrons. The van der Waals surface area contributed by atoms with E-state index in [1.807, 2.05) is 12.1 Å². The summed E-state index contributed by atoms with van der Waals surface area (Å²) in [6.45, 7) is 6.34. The number of nitrogens with zero attached hydrogens (tertiary/aromatic N) is 2. The third-order valence-corrected chi connectivity index (χ3v) is 8.38. The number of rotatable bonds is 10. The number of hydrogen-bond acceptors (Lipinski definition) is 4. The lowest BCUT2D eigenvalue weighted by molar-refractivity contribution is -0.127. The Morgan fingerprint density at radius 3 is 2.24 bits per heavy atom. The van der Waals surface area contributed by atoms with E-state index >= 15 is 0 Å². The quantitative estimate of drug-likeness (QED) is 0.539. The van der Waals surface area contributed by atoms with Gasteiger partial charge in [-0.3, -0.25) is 4.79 Å². The first kappa shape index (κ1) is 23.9. The fraction of sp³-hybridized carbons (Fsp3) is 0.500. The Hall–Kier alpha value is -2.22. The van der Waals surface area contributed by atoms with E-state index in [1.165, 1.54) is 24.9 Å². The molecule has 1 N–H and O–H groups in total. The number of nitrogens with one attached hydrogen (secondary N) is 1. The number of hydrogen-bond donors (Lipinski definition) is 1. The van der Waals surface area contributed by atoms with Gasteiger partial charge in [-0.15, -0.1) is 0 Å². The zero-order valence-electron chi connectivity index (χ0n) is 19.5. The van der Waals surface area contributed by atoms with Crippen molar-refractivity contribution in [2.75, 3.05) is 32.7 Å². The Labute approximate surface area is 198 Å². The molecule has 0 unspecified atom stereocenters. The summed E-state index contributed by atoms with van der Waals surface area (Å²) in [7, 11) is -3.55. The number of carbonyl (C=O) groups is 1. The van der Waals surface area contributed by atoms with Crippen molar-refractivity contribution in [3.8, 4) is 11.1 Å². The van der Waals surface area contributed by atoms with Gasteiger partial charge in [-0.1, -0.05) is 36.4 Å². The SMILES string of the molecule is C[C@@H]1CCCN1CCc1ccc(-c2ccc(S(=O)(=O)NCCCN3CCCC3=O)cc2)cc1. The van der Waals surface area contributed by atoms with E-state index < -0.39 is 10.0 Å². The van der Waals surface area contributed by atoms with Gasteiger partial charge in [0.2, 0.25) is 15.9 Å². The van der Waals surface area contributed by atoms with E-state index in [9.17, 15) is 13.2 Å². The molecule has 2 saturated heterocycles. The normalized spacial score (nSPS) is 19.5. The van der Waals surface area contributed by atoms with E-state index in [0.29, 0.717) is 32.0 Å². The molecule has 1 amide bonds. The maximum atomic E-state index is 12.6. The molecular formula is C26H35N3O3S. The van der Waals surface area contributed by atoms with Gasteiger partial charge in [-0.05, 0) is 74.4 Å². The van der Waals surface area contributed by atoms with Crippen molar-refractivity contribution >= 4 is 15.9 Å². The highest BCUT2D eigenvalue weighted by molar-refractivity contribution is 7.89. The highest BCUT2D eigenvalue weighted by atomic mass is 32.2. The van der Waals surface area contributed by atoms with Gasteiger partial charge in [0, 0.05) is 38.6 Å². The molecule has 0 bridgehead atoms. The predicted molar refractivity (Wildman–Crippen MR) is 131 cm³/mol. The summed E-state index contributed by atoms with van der Waals surface area (Å²) >= 11 is 0. The second kappa shape index (κ2) is 10.8. The van der Waals surface area contributed by atoms with Crippen molar-refractivity contribution in [2.45, 2.75) is 56.4 Å². The molecule has 0 radical (unpaired) electrons. The third-order valence-electron chi connectivity index (χ3n) is 6.90. The van der Waals surface area contributed by atoms with Crippen LogP contribution in [-0.2, 0) is 21.2 Å². The standard InChI is InChI=1S/C26H35N3O3S/c1-21-5-2-17-28(21)20-15-22-7-9-23(10-8-22)24-11-13-25(14-12-24)33(31,32)27-16-4-19-29-18-3-6-26(29)30/h7-14,21,27H,2-6,15-20H2,1H3/t21-/m1/s1. The van der Waals surface area contributed by atoms with E-state index in [4.69, 9.17) is 0 Å². The monoisotopic (exact) mass is 469 g/mol.